The number of carbonyl (C=O) groups excluding carboxylic acids is 1. The van der Waals surface area contributed by atoms with Gasteiger partial charge in [-0.05, 0) is 17.5 Å². The highest BCUT2D eigenvalue weighted by molar-refractivity contribution is 5.85. The van der Waals surface area contributed by atoms with Crippen LogP contribution in [0.25, 0.3) is 0 Å². The molecule has 0 spiro atoms. The number of nitrogens with two attached hydrogens (primary N) is 1. The highest BCUT2D eigenvalue weighted by atomic mass is 16.1. The van der Waals surface area contributed by atoms with Crippen LogP contribution in [-0.4, -0.2) is 23.2 Å². The molecule has 2 aliphatic rings. The number of carbonyl (C=O) groups is 1. The third-order valence-electron chi connectivity index (χ3n) is 3.60. The minimum absolute atomic E-state index is 0.159. The lowest BCUT2D eigenvalue weighted by atomic mass is 9.91. The molecular formula is C13H12N4O. The van der Waals surface area contributed by atoms with Gasteiger partial charge in [-0.3, -0.25) is 9.80 Å². The van der Waals surface area contributed by atoms with Gasteiger partial charge in [0, 0.05) is 0 Å². The number of nitriles is 1. The monoisotopic (exact) mass is 240 g/mol. The lowest BCUT2D eigenvalue weighted by Crippen LogP contribution is -2.39. The van der Waals surface area contributed by atoms with Gasteiger partial charge in [0.15, 0.2) is 0 Å². The van der Waals surface area contributed by atoms with Crippen molar-refractivity contribution >= 4 is 12.1 Å². The van der Waals surface area contributed by atoms with E-state index in [0.717, 1.165) is 11.1 Å². The molecule has 3 unspecified atom stereocenters. The average molecular weight is 240 g/mol. The molecule has 5 heteroatoms. The molecule has 1 aromatic carbocycles. The van der Waals surface area contributed by atoms with Crippen molar-refractivity contribution in [2.45, 2.75) is 18.5 Å². The third kappa shape index (κ3) is 1.39. The van der Waals surface area contributed by atoms with E-state index in [4.69, 9.17) is 5.73 Å². The first kappa shape index (κ1) is 10.8. The third-order valence-corrected chi connectivity index (χ3v) is 3.60. The zero-order chi connectivity index (χ0) is 12.7. The van der Waals surface area contributed by atoms with Gasteiger partial charge in [-0.2, -0.15) is 10.4 Å². The number of hydrogen-bond donors (Lipinski definition) is 1. The zero-order valence-electron chi connectivity index (χ0n) is 9.65. The van der Waals surface area contributed by atoms with Gasteiger partial charge in [0.25, 0.3) is 0 Å². The van der Waals surface area contributed by atoms with E-state index in [2.05, 4.69) is 11.2 Å². The highest BCUT2D eigenvalue weighted by Crippen LogP contribution is 2.43. The molecule has 2 aliphatic heterocycles. The molecule has 0 bridgehead atoms. The first-order valence-corrected chi connectivity index (χ1v) is 5.82. The summed E-state index contributed by atoms with van der Waals surface area (Å²) in [6.45, 7) is 0. The first-order valence-electron chi connectivity index (χ1n) is 5.82. The van der Waals surface area contributed by atoms with Crippen LogP contribution < -0.4 is 5.73 Å². The van der Waals surface area contributed by atoms with E-state index >= 15 is 0 Å². The minimum atomic E-state index is -0.482. The number of benzene rings is 1. The summed E-state index contributed by atoms with van der Waals surface area (Å²) in [4.78, 5) is 11.4. The largest absolute Gasteiger partial charge is 0.368 e. The normalized spacial score (nSPS) is 28.4. The van der Waals surface area contributed by atoms with Gasteiger partial charge in [-0.15, -0.1) is 0 Å². The van der Waals surface area contributed by atoms with E-state index in [1.54, 1.807) is 11.2 Å². The van der Waals surface area contributed by atoms with Crippen molar-refractivity contribution in [1.82, 2.24) is 5.01 Å². The number of hydrazone groups is 1. The van der Waals surface area contributed by atoms with Crippen LogP contribution in [0.1, 0.15) is 23.6 Å². The lowest BCUT2D eigenvalue weighted by Gasteiger charge is -2.30. The molecule has 2 heterocycles. The van der Waals surface area contributed by atoms with Crippen LogP contribution >= 0.6 is 0 Å². The molecule has 3 atom stereocenters. The Balaban J connectivity index is 2.09. The predicted octanol–water partition coefficient (Wildman–Crippen LogP) is 0.775. The molecule has 5 nitrogen and oxygen atoms in total. The number of hydrogen-bond acceptors (Lipinski definition) is 4. The van der Waals surface area contributed by atoms with E-state index < -0.39 is 11.9 Å². The van der Waals surface area contributed by atoms with Gasteiger partial charge >= 0.3 is 0 Å². The molecular weight excluding hydrogens is 228 g/mol. The van der Waals surface area contributed by atoms with Gasteiger partial charge in [0.05, 0.1) is 24.2 Å². The van der Waals surface area contributed by atoms with Gasteiger partial charge < -0.3 is 5.73 Å². The van der Waals surface area contributed by atoms with E-state index in [1.807, 2.05) is 24.3 Å². The van der Waals surface area contributed by atoms with E-state index in [9.17, 15) is 10.1 Å². The van der Waals surface area contributed by atoms with Gasteiger partial charge in [0.1, 0.15) is 6.04 Å². The molecule has 90 valence electrons. The smallest absolute Gasteiger partial charge is 0.241 e. The minimum Gasteiger partial charge on any atom is -0.368 e. The molecule has 1 saturated heterocycles. The van der Waals surface area contributed by atoms with Crippen LogP contribution in [0.3, 0.4) is 0 Å². The Morgan fingerprint density at radius 2 is 2.28 bits per heavy atom. The topological polar surface area (TPSA) is 82.5 Å². The van der Waals surface area contributed by atoms with Crippen LogP contribution in [0.2, 0.25) is 0 Å². The summed E-state index contributed by atoms with van der Waals surface area (Å²) in [5.41, 5.74) is 7.43. The van der Waals surface area contributed by atoms with Crippen LogP contribution in [0.5, 0.6) is 0 Å². The number of rotatable bonds is 1. The summed E-state index contributed by atoms with van der Waals surface area (Å²) in [6.07, 6.45) is 2.17. The maximum Gasteiger partial charge on any atom is 0.241 e. The fourth-order valence-electron chi connectivity index (χ4n) is 2.76. The Morgan fingerprint density at radius 1 is 1.50 bits per heavy atom. The Labute approximate surface area is 104 Å². The van der Waals surface area contributed by atoms with Crippen LogP contribution in [-0.2, 0) is 4.79 Å². The molecule has 18 heavy (non-hydrogen) atoms. The van der Waals surface area contributed by atoms with E-state index in [1.165, 1.54) is 0 Å². The molecule has 1 fully saturated rings. The second-order valence-electron chi connectivity index (χ2n) is 4.59. The first-order chi connectivity index (χ1) is 8.72. The fourth-order valence-corrected chi connectivity index (χ4v) is 2.76. The van der Waals surface area contributed by atoms with Crippen molar-refractivity contribution in [3.8, 4) is 6.07 Å². The predicted molar refractivity (Wildman–Crippen MR) is 65.3 cm³/mol. The average Bonchev–Trinajstić information content (AvgIpc) is 2.78. The van der Waals surface area contributed by atoms with Crippen molar-refractivity contribution in [2.24, 2.45) is 16.8 Å². The summed E-state index contributed by atoms with van der Waals surface area (Å²) in [6, 6.07) is 9.43. The lowest BCUT2D eigenvalue weighted by molar-refractivity contribution is -0.122. The van der Waals surface area contributed by atoms with Crippen LogP contribution in [0.4, 0.5) is 0 Å². The zero-order valence-corrected chi connectivity index (χ0v) is 9.65. The summed E-state index contributed by atoms with van der Waals surface area (Å²) in [7, 11) is 0. The van der Waals surface area contributed by atoms with Crippen molar-refractivity contribution in [2.75, 3.05) is 0 Å². The summed E-state index contributed by atoms with van der Waals surface area (Å²) in [5, 5.41) is 15.2. The quantitative estimate of drug-likeness (QED) is 0.787. The molecule has 1 amide bonds. The van der Waals surface area contributed by atoms with Gasteiger partial charge in [0.2, 0.25) is 5.91 Å². The van der Waals surface area contributed by atoms with Crippen LogP contribution in [0, 0.1) is 17.2 Å². The molecule has 0 saturated carbocycles. The fraction of sp³-hybridized carbons (Fsp3) is 0.308. The molecule has 2 N–H and O–H groups in total. The standard InChI is InChI=1S/C13H12N4O/c14-6-9-5-11(13(15)18)17-12(9)10-4-2-1-3-8(10)7-16-17/h1-4,7,9,11-12H,5H2,(H2,15,18). The van der Waals surface area contributed by atoms with Gasteiger partial charge in [-0.25, -0.2) is 0 Å². The Bertz CT molecular complexity index is 575. The van der Waals surface area contributed by atoms with E-state index in [-0.39, 0.29) is 12.0 Å². The molecule has 0 radical (unpaired) electrons. The molecule has 1 aromatic rings. The van der Waals surface area contributed by atoms with Crippen molar-refractivity contribution in [3.63, 3.8) is 0 Å². The molecule has 0 aliphatic carbocycles. The Morgan fingerprint density at radius 3 is 3.00 bits per heavy atom. The SMILES string of the molecule is N#CC1CC(C(N)=O)N2N=Cc3ccccc3C12. The Hall–Kier alpha value is -2.35. The highest BCUT2D eigenvalue weighted by Gasteiger charge is 2.46. The second kappa shape index (κ2) is 3.84. The summed E-state index contributed by atoms with van der Waals surface area (Å²) < 4.78 is 0. The van der Waals surface area contributed by atoms with E-state index in [0.29, 0.717) is 6.42 Å². The second-order valence-corrected chi connectivity index (χ2v) is 4.59. The van der Waals surface area contributed by atoms with Crippen molar-refractivity contribution < 1.29 is 4.79 Å². The number of nitrogens with zero attached hydrogens (tertiary/aromatic N) is 3. The Kier molecular flexibility index (Phi) is 2.30. The molecule has 0 aromatic heterocycles. The summed E-state index contributed by atoms with van der Waals surface area (Å²) >= 11 is 0. The number of fused-ring (bicyclic) bond motifs is 3. The number of amides is 1. The molecule has 3 rings (SSSR count). The maximum atomic E-state index is 11.4. The van der Waals surface area contributed by atoms with Gasteiger partial charge in [-0.1, -0.05) is 24.3 Å². The number of primary amides is 1. The maximum absolute atomic E-state index is 11.4. The van der Waals surface area contributed by atoms with Crippen molar-refractivity contribution in [3.05, 3.63) is 35.4 Å². The summed E-state index contributed by atoms with van der Waals surface area (Å²) in [5.74, 6) is -0.671. The van der Waals surface area contributed by atoms with Crippen LogP contribution in [0.15, 0.2) is 29.4 Å². The van der Waals surface area contributed by atoms with Crippen molar-refractivity contribution in [1.29, 1.82) is 5.26 Å².